The second-order valence-corrected chi connectivity index (χ2v) is 4.72. The second-order valence-electron chi connectivity index (χ2n) is 4.35. The molecular weight excluding hydrogens is 228 g/mol. The number of imide groups is 1. The van der Waals surface area contributed by atoms with Crippen LogP contribution in [0.1, 0.15) is 33.1 Å². The lowest BCUT2D eigenvalue weighted by Gasteiger charge is -2.37. The number of nitrogens with zero attached hydrogens (tertiary/aromatic N) is 1. The summed E-state index contributed by atoms with van der Waals surface area (Å²) in [6.45, 7) is 4.88. The van der Waals surface area contributed by atoms with Gasteiger partial charge in [0, 0.05) is 24.9 Å². The first-order valence-corrected chi connectivity index (χ1v) is 6.26. The van der Waals surface area contributed by atoms with Gasteiger partial charge in [-0.2, -0.15) is 0 Å². The Balaban J connectivity index is 2.49. The Bertz CT molecular complexity index is 271. The number of urea groups is 1. The zero-order chi connectivity index (χ0) is 12.1. The summed E-state index contributed by atoms with van der Waals surface area (Å²) in [7, 11) is 0. The number of halogens is 1. The number of likely N-dealkylation sites (tertiary alicyclic amines) is 1. The third kappa shape index (κ3) is 3.37. The Morgan fingerprint density at radius 1 is 1.44 bits per heavy atom. The average Bonchev–Trinajstić information content (AvgIpc) is 2.22. The molecule has 0 aliphatic carbocycles. The molecule has 4 nitrogen and oxygen atoms in total. The van der Waals surface area contributed by atoms with Crippen molar-refractivity contribution < 1.29 is 9.59 Å². The molecule has 0 aromatic carbocycles. The van der Waals surface area contributed by atoms with Crippen LogP contribution in [0.25, 0.3) is 0 Å². The summed E-state index contributed by atoms with van der Waals surface area (Å²) >= 11 is 5.43. The number of rotatable bonds is 2. The van der Waals surface area contributed by atoms with E-state index in [1.165, 1.54) is 0 Å². The van der Waals surface area contributed by atoms with Crippen molar-refractivity contribution in [2.45, 2.75) is 39.2 Å². The quantitative estimate of drug-likeness (QED) is 0.758. The third-order valence-electron chi connectivity index (χ3n) is 3.20. The van der Waals surface area contributed by atoms with E-state index in [1.54, 1.807) is 4.90 Å². The summed E-state index contributed by atoms with van der Waals surface area (Å²) < 4.78 is 0. The lowest BCUT2D eigenvalue weighted by Crippen LogP contribution is -2.51. The van der Waals surface area contributed by atoms with Crippen molar-refractivity contribution in [1.29, 1.82) is 0 Å². The highest BCUT2D eigenvalue weighted by molar-refractivity contribution is 6.19. The minimum absolute atomic E-state index is 0.186. The van der Waals surface area contributed by atoms with Gasteiger partial charge in [0.1, 0.15) is 0 Å². The van der Waals surface area contributed by atoms with Gasteiger partial charge >= 0.3 is 6.03 Å². The molecule has 1 aliphatic rings. The maximum atomic E-state index is 11.8. The highest BCUT2D eigenvalue weighted by atomic mass is 35.5. The van der Waals surface area contributed by atoms with Gasteiger partial charge in [-0.15, -0.1) is 11.6 Å². The fourth-order valence-corrected chi connectivity index (χ4v) is 2.13. The van der Waals surface area contributed by atoms with Crippen LogP contribution in [-0.2, 0) is 4.79 Å². The Labute approximate surface area is 101 Å². The fraction of sp³-hybridized carbons (Fsp3) is 0.818. The molecule has 0 spiro atoms. The van der Waals surface area contributed by atoms with E-state index >= 15 is 0 Å². The summed E-state index contributed by atoms with van der Waals surface area (Å²) in [6, 6.07) is -0.0910. The molecule has 1 heterocycles. The largest absolute Gasteiger partial charge is 0.324 e. The summed E-state index contributed by atoms with van der Waals surface area (Å²) in [5.74, 6) is 0.429. The molecular formula is C11H19ClN2O2. The lowest BCUT2D eigenvalue weighted by molar-refractivity contribution is -0.119. The zero-order valence-electron chi connectivity index (χ0n) is 9.83. The first-order valence-electron chi connectivity index (χ1n) is 5.72. The Hall–Kier alpha value is -0.770. The fourth-order valence-electron chi connectivity index (χ4n) is 1.96. The van der Waals surface area contributed by atoms with Crippen LogP contribution < -0.4 is 5.32 Å². The van der Waals surface area contributed by atoms with Gasteiger partial charge in [-0.25, -0.2) is 4.79 Å². The SMILES string of the molecule is CC1CCCN(C(=O)NC(=O)CCCl)C1C. The van der Waals surface area contributed by atoms with Crippen molar-refractivity contribution in [3.63, 3.8) is 0 Å². The molecule has 16 heavy (non-hydrogen) atoms. The standard InChI is InChI=1S/C11H19ClN2O2/c1-8-4-3-7-14(9(8)2)11(16)13-10(15)5-6-12/h8-9H,3-7H2,1-2H3,(H,13,15,16). The Morgan fingerprint density at radius 3 is 2.75 bits per heavy atom. The van der Waals surface area contributed by atoms with Gasteiger partial charge in [-0.3, -0.25) is 10.1 Å². The van der Waals surface area contributed by atoms with E-state index in [0.29, 0.717) is 5.92 Å². The molecule has 0 aromatic heterocycles. The van der Waals surface area contributed by atoms with Crippen LogP contribution in [0.3, 0.4) is 0 Å². The van der Waals surface area contributed by atoms with Crippen LogP contribution in [0.15, 0.2) is 0 Å². The third-order valence-corrected chi connectivity index (χ3v) is 3.39. The van der Waals surface area contributed by atoms with Crippen LogP contribution in [0.2, 0.25) is 0 Å². The summed E-state index contributed by atoms with van der Waals surface area (Å²) in [5, 5.41) is 2.37. The Morgan fingerprint density at radius 2 is 2.12 bits per heavy atom. The molecule has 0 aromatic rings. The van der Waals surface area contributed by atoms with Gasteiger partial charge in [-0.1, -0.05) is 6.92 Å². The smallest absolute Gasteiger partial charge is 0.321 e. The van der Waals surface area contributed by atoms with Crippen LogP contribution in [0.4, 0.5) is 4.79 Å². The first kappa shape index (κ1) is 13.3. The monoisotopic (exact) mass is 246 g/mol. The molecule has 2 atom stereocenters. The van der Waals surface area contributed by atoms with Crippen LogP contribution in [-0.4, -0.2) is 35.3 Å². The lowest BCUT2D eigenvalue weighted by atomic mass is 9.92. The first-order chi connectivity index (χ1) is 7.56. The van der Waals surface area contributed by atoms with Crippen molar-refractivity contribution in [3.8, 4) is 0 Å². The van der Waals surface area contributed by atoms with Crippen LogP contribution in [0.5, 0.6) is 0 Å². The van der Waals surface area contributed by atoms with Crippen molar-refractivity contribution in [3.05, 3.63) is 0 Å². The summed E-state index contributed by atoms with van der Waals surface area (Å²) in [5.41, 5.74) is 0. The summed E-state index contributed by atoms with van der Waals surface area (Å²) in [4.78, 5) is 24.8. The molecule has 1 saturated heterocycles. The van der Waals surface area contributed by atoms with E-state index in [-0.39, 0.29) is 30.3 Å². The maximum Gasteiger partial charge on any atom is 0.324 e. The van der Waals surface area contributed by atoms with Gasteiger partial charge < -0.3 is 4.90 Å². The molecule has 0 bridgehead atoms. The number of carbonyl (C=O) groups excluding carboxylic acids is 2. The van der Waals surface area contributed by atoms with E-state index < -0.39 is 0 Å². The molecule has 0 radical (unpaired) electrons. The molecule has 0 saturated carbocycles. The number of alkyl halides is 1. The van der Waals surface area contributed by atoms with Crippen molar-refractivity contribution in [1.82, 2.24) is 10.2 Å². The average molecular weight is 247 g/mol. The summed E-state index contributed by atoms with van der Waals surface area (Å²) in [6.07, 6.45) is 2.33. The second kappa shape index (κ2) is 6.09. The molecule has 92 valence electrons. The zero-order valence-corrected chi connectivity index (χ0v) is 10.6. The maximum absolute atomic E-state index is 11.8. The topological polar surface area (TPSA) is 49.4 Å². The van der Waals surface area contributed by atoms with E-state index in [1.807, 2.05) is 6.92 Å². The van der Waals surface area contributed by atoms with E-state index in [4.69, 9.17) is 11.6 Å². The van der Waals surface area contributed by atoms with Gasteiger partial charge in [0.05, 0.1) is 0 Å². The van der Waals surface area contributed by atoms with Crippen LogP contribution in [0, 0.1) is 5.92 Å². The van der Waals surface area contributed by atoms with Gasteiger partial charge in [0.2, 0.25) is 5.91 Å². The number of piperidine rings is 1. The molecule has 3 amide bonds. The number of carbonyl (C=O) groups is 2. The Kier molecular flexibility index (Phi) is 5.06. The number of amides is 3. The van der Waals surface area contributed by atoms with E-state index in [2.05, 4.69) is 12.2 Å². The molecule has 2 unspecified atom stereocenters. The molecule has 5 heteroatoms. The number of hydrogen-bond donors (Lipinski definition) is 1. The van der Waals surface area contributed by atoms with Gasteiger partial charge in [0.15, 0.2) is 0 Å². The number of hydrogen-bond acceptors (Lipinski definition) is 2. The van der Waals surface area contributed by atoms with Crippen molar-refractivity contribution >= 4 is 23.5 Å². The normalized spacial score (nSPS) is 25.3. The molecule has 1 rings (SSSR count). The predicted molar refractivity (Wildman–Crippen MR) is 63.4 cm³/mol. The van der Waals surface area contributed by atoms with Crippen LogP contribution >= 0.6 is 11.6 Å². The van der Waals surface area contributed by atoms with Gasteiger partial charge in [-0.05, 0) is 25.7 Å². The highest BCUT2D eigenvalue weighted by Crippen LogP contribution is 2.22. The number of nitrogens with one attached hydrogen (secondary N) is 1. The predicted octanol–water partition coefficient (Wildman–Crippen LogP) is 1.97. The molecule has 1 N–H and O–H groups in total. The minimum atomic E-state index is -0.301. The highest BCUT2D eigenvalue weighted by Gasteiger charge is 2.28. The van der Waals surface area contributed by atoms with E-state index in [0.717, 1.165) is 19.4 Å². The van der Waals surface area contributed by atoms with Crippen molar-refractivity contribution in [2.24, 2.45) is 5.92 Å². The minimum Gasteiger partial charge on any atom is -0.321 e. The molecule has 1 fully saturated rings. The van der Waals surface area contributed by atoms with E-state index in [9.17, 15) is 9.59 Å². The molecule has 1 aliphatic heterocycles. The van der Waals surface area contributed by atoms with Gasteiger partial charge in [0.25, 0.3) is 0 Å². The van der Waals surface area contributed by atoms with Crippen molar-refractivity contribution in [2.75, 3.05) is 12.4 Å².